The van der Waals surface area contributed by atoms with Crippen LogP contribution < -0.4 is 15.4 Å². The van der Waals surface area contributed by atoms with E-state index in [1.54, 1.807) is 6.07 Å². The number of carbonyl (C=O) groups is 3. The molecule has 1 aromatic rings. The van der Waals surface area contributed by atoms with Gasteiger partial charge in [0.25, 0.3) is 11.8 Å². The van der Waals surface area contributed by atoms with Gasteiger partial charge in [0.15, 0.2) is 6.61 Å². The van der Waals surface area contributed by atoms with Crippen LogP contribution in [0.5, 0.6) is 5.75 Å². The Balaban J connectivity index is 1.37. The van der Waals surface area contributed by atoms with E-state index in [9.17, 15) is 14.4 Å². The molecule has 26 heavy (non-hydrogen) atoms. The minimum Gasteiger partial charge on any atom is -0.484 e. The van der Waals surface area contributed by atoms with Crippen molar-refractivity contribution in [3.8, 4) is 5.75 Å². The summed E-state index contributed by atoms with van der Waals surface area (Å²) in [6.45, 7) is 2.60. The van der Waals surface area contributed by atoms with Gasteiger partial charge in [0.1, 0.15) is 11.3 Å². The highest BCUT2D eigenvalue weighted by Crippen LogP contribution is 2.34. The lowest BCUT2D eigenvalue weighted by atomic mass is 9.98. The zero-order valence-electron chi connectivity index (χ0n) is 15.0. The maximum atomic E-state index is 12.5. The van der Waals surface area contributed by atoms with Gasteiger partial charge in [-0.2, -0.15) is 0 Å². The van der Waals surface area contributed by atoms with Gasteiger partial charge in [-0.25, -0.2) is 4.79 Å². The van der Waals surface area contributed by atoms with Crippen molar-refractivity contribution in [2.75, 3.05) is 19.7 Å². The second kappa shape index (κ2) is 7.76. The Kier molecular flexibility index (Phi) is 5.44. The SMILES string of the molecule is Cc1cccc(OCC(=O)NCCCN2C(=O)NC3(CCCC3)C2=O)c1. The zero-order chi connectivity index (χ0) is 18.6. The van der Waals surface area contributed by atoms with Gasteiger partial charge in [0.2, 0.25) is 0 Å². The van der Waals surface area contributed by atoms with Gasteiger partial charge in [0.05, 0.1) is 0 Å². The van der Waals surface area contributed by atoms with Crippen LogP contribution in [0.25, 0.3) is 0 Å². The number of rotatable bonds is 7. The Bertz CT molecular complexity index is 698. The number of benzene rings is 1. The number of ether oxygens (including phenoxy) is 1. The summed E-state index contributed by atoms with van der Waals surface area (Å²) in [7, 11) is 0. The number of amides is 4. The molecule has 1 aromatic carbocycles. The van der Waals surface area contributed by atoms with Gasteiger partial charge in [0, 0.05) is 13.1 Å². The second-order valence-electron chi connectivity index (χ2n) is 6.98. The molecule has 7 heteroatoms. The van der Waals surface area contributed by atoms with Crippen LogP contribution >= 0.6 is 0 Å². The lowest BCUT2D eigenvalue weighted by molar-refractivity contribution is -0.131. The fourth-order valence-corrected chi connectivity index (χ4v) is 3.57. The summed E-state index contributed by atoms with van der Waals surface area (Å²) >= 11 is 0. The fourth-order valence-electron chi connectivity index (χ4n) is 3.57. The molecular weight excluding hydrogens is 334 g/mol. The normalized spacial score (nSPS) is 18.3. The number of imide groups is 1. The number of hydrogen-bond acceptors (Lipinski definition) is 4. The average Bonchev–Trinajstić information content (AvgIpc) is 3.17. The summed E-state index contributed by atoms with van der Waals surface area (Å²) in [5, 5.41) is 5.60. The van der Waals surface area contributed by atoms with E-state index in [-0.39, 0.29) is 24.5 Å². The molecule has 1 heterocycles. The van der Waals surface area contributed by atoms with E-state index in [4.69, 9.17) is 4.74 Å². The summed E-state index contributed by atoms with van der Waals surface area (Å²) in [5.74, 6) is 0.312. The molecule has 1 saturated heterocycles. The van der Waals surface area contributed by atoms with Gasteiger partial charge in [-0.3, -0.25) is 14.5 Å². The van der Waals surface area contributed by atoms with Crippen LogP contribution in [-0.2, 0) is 9.59 Å². The number of urea groups is 1. The van der Waals surface area contributed by atoms with Gasteiger partial charge in [-0.05, 0) is 43.9 Å². The highest BCUT2D eigenvalue weighted by Gasteiger charge is 2.51. The maximum absolute atomic E-state index is 12.5. The summed E-state index contributed by atoms with van der Waals surface area (Å²) in [6, 6.07) is 7.18. The lowest BCUT2D eigenvalue weighted by Gasteiger charge is -2.20. The molecule has 0 radical (unpaired) electrons. The molecule has 0 bridgehead atoms. The molecule has 0 unspecified atom stereocenters. The molecule has 2 aliphatic rings. The van der Waals surface area contributed by atoms with E-state index in [1.165, 1.54) is 4.90 Å². The molecular formula is C19H25N3O4. The van der Waals surface area contributed by atoms with Gasteiger partial charge < -0.3 is 15.4 Å². The van der Waals surface area contributed by atoms with Crippen molar-refractivity contribution in [2.24, 2.45) is 0 Å². The van der Waals surface area contributed by atoms with Gasteiger partial charge in [-0.1, -0.05) is 25.0 Å². The standard InChI is InChI=1S/C19H25N3O4/c1-14-6-4-7-15(12-14)26-13-16(23)20-10-5-11-22-17(24)19(21-18(22)25)8-2-3-9-19/h4,6-7,12H,2-3,5,8-11,13H2,1H3,(H,20,23)(H,21,25). The molecule has 0 aromatic heterocycles. The molecule has 1 spiro atoms. The molecule has 140 valence electrons. The third-order valence-electron chi connectivity index (χ3n) is 4.94. The minimum atomic E-state index is -0.665. The predicted octanol–water partition coefficient (Wildman–Crippen LogP) is 1.74. The number of hydrogen-bond donors (Lipinski definition) is 2. The second-order valence-corrected chi connectivity index (χ2v) is 6.98. The van der Waals surface area contributed by atoms with Crippen molar-refractivity contribution in [3.05, 3.63) is 29.8 Å². The predicted molar refractivity (Wildman–Crippen MR) is 95.7 cm³/mol. The average molecular weight is 359 g/mol. The van der Waals surface area contributed by atoms with Gasteiger partial charge in [-0.15, -0.1) is 0 Å². The molecule has 2 fully saturated rings. The van der Waals surface area contributed by atoms with Crippen LogP contribution in [0.15, 0.2) is 24.3 Å². The van der Waals surface area contributed by atoms with Gasteiger partial charge >= 0.3 is 6.03 Å². The van der Waals surface area contributed by atoms with Crippen molar-refractivity contribution < 1.29 is 19.1 Å². The first kappa shape index (κ1) is 18.2. The minimum absolute atomic E-state index is 0.0598. The van der Waals surface area contributed by atoms with E-state index < -0.39 is 5.54 Å². The molecule has 4 amide bonds. The smallest absolute Gasteiger partial charge is 0.325 e. The summed E-state index contributed by atoms with van der Waals surface area (Å²) in [5.41, 5.74) is 0.402. The van der Waals surface area contributed by atoms with Crippen molar-refractivity contribution in [2.45, 2.75) is 44.6 Å². The van der Waals surface area contributed by atoms with E-state index in [0.29, 0.717) is 25.3 Å². The molecule has 1 aliphatic heterocycles. The highest BCUT2D eigenvalue weighted by atomic mass is 16.5. The van der Waals surface area contributed by atoms with Crippen molar-refractivity contribution in [1.82, 2.24) is 15.5 Å². The number of nitrogens with zero attached hydrogens (tertiary/aromatic N) is 1. The van der Waals surface area contributed by atoms with Crippen molar-refractivity contribution in [3.63, 3.8) is 0 Å². The summed E-state index contributed by atoms with van der Waals surface area (Å²) in [4.78, 5) is 37.7. The van der Waals surface area contributed by atoms with Crippen LogP contribution in [0.1, 0.15) is 37.7 Å². The quantitative estimate of drug-likeness (QED) is 0.573. The fraction of sp³-hybridized carbons (Fsp3) is 0.526. The van der Waals surface area contributed by atoms with Crippen molar-refractivity contribution in [1.29, 1.82) is 0 Å². The van der Waals surface area contributed by atoms with Crippen LogP contribution in [0.3, 0.4) is 0 Å². The zero-order valence-corrected chi connectivity index (χ0v) is 15.0. The third kappa shape index (κ3) is 3.98. The highest BCUT2D eigenvalue weighted by molar-refractivity contribution is 6.07. The Morgan fingerprint density at radius 3 is 2.81 bits per heavy atom. The van der Waals surface area contributed by atoms with Crippen LogP contribution in [0.4, 0.5) is 4.79 Å². The Morgan fingerprint density at radius 1 is 1.31 bits per heavy atom. The van der Waals surface area contributed by atoms with Crippen molar-refractivity contribution >= 4 is 17.8 Å². The van der Waals surface area contributed by atoms with E-state index in [1.807, 2.05) is 25.1 Å². The number of carbonyl (C=O) groups excluding carboxylic acids is 3. The molecule has 3 rings (SSSR count). The van der Waals surface area contributed by atoms with E-state index >= 15 is 0 Å². The Labute approximate surface area is 153 Å². The Morgan fingerprint density at radius 2 is 2.08 bits per heavy atom. The van der Waals surface area contributed by atoms with Crippen LogP contribution in [0.2, 0.25) is 0 Å². The third-order valence-corrected chi connectivity index (χ3v) is 4.94. The molecule has 1 saturated carbocycles. The lowest BCUT2D eigenvalue weighted by Crippen LogP contribution is -2.44. The number of nitrogens with one attached hydrogen (secondary N) is 2. The molecule has 0 atom stereocenters. The van der Waals surface area contributed by atoms with E-state index in [0.717, 1.165) is 31.2 Å². The summed E-state index contributed by atoms with van der Waals surface area (Å²) in [6.07, 6.45) is 3.90. The first-order valence-electron chi connectivity index (χ1n) is 9.10. The molecule has 7 nitrogen and oxygen atoms in total. The molecule has 2 N–H and O–H groups in total. The maximum Gasteiger partial charge on any atom is 0.325 e. The van der Waals surface area contributed by atoms with Crippen LogP contribution in [0, 0.1) is 6.92 Å². The van der Waals surface area contributed by atoms with Crippen LogP contribution in [-0.4, -0.2) is 48.0 Å². The summed E-state index contributed by atoms with van der Waals surface area (Å²) < 4.78 is 5.44. The first-order valence-corrected chi connectivity index (χ1v) is 9.10. The topological polar surface area (TPSA) is 87.7 Å². The molecule has 1 aliphatic carbocycles. The largest absolute Gasteiger partial charge is 0.484 e. The Hall–Kier alpha value is -2.57. The van der Waals surface area contributed by atoms with E-state index in [2.05, 4.69) is 10.6 Å². The monoisotopic (exact) mass is 359 g/mol. The number of aryl methyl sites for hydroxylation is 1. The first-order chi connectivity index (χ1) is 12.5.